The molecule has 0 amide bonds. The molecule has 8 heteroatoms. The smallest absolute Gasteiger partial charge is 0.187 e. The summed E-state index contributed by atoms with van der Waals surface area (Å²) < 4.78 is 2.07. The summed E-state index contributed by atoms with van der Waals surface area (Å²) in [6.45, 7) is 10.4. The van der Waals surface area contributed by atoms with Gasteiger partial charge in [0, 0.05) is 47.6 Å². The fraction of sp³-hybridized carbons (Fsp3) is 0.357. The Kier molecular flexibility index (Phi) is 5.61. The molecular weight excluding hydrogens is 468 g/mol. The topological polar surface area (TPSA) is 89.9 Å². The molecule has 36 heavy (non-hydrogen) atoms. The Bertz CT molecular complexity index is 1370. The van der Waals surface area contributed by atoms with Gasteiger partial charge >= 0.3 is 0 Å². The van der Waals surface area contributed by atoms with Crippen LogP contribution in [0.2, 0.25) is 0 Å². The summed E-state index contributed by atoms with van der Waals surface area (Å²) >= 11 is 1.61. The van der Waals surface area contributed by atoms with Crippen molar-refractivity contribution in [2.75, 3.05) is 18.0 Å². The first-order valence-electron chi connectivity index (χ1n) is 12.4. The zero-order valence-electron chi connectivity index (χ0n) is 20.6. The van der Waals surface area contributed by atoms with Gasteiger partial charge in [0.25, 0.3) is 0 Å². The summed E-state index contributed by atoms with van der Waals surface area (Å²) in [7, 11) is 0. The number of carbonyl (C=O) groups is 1. The molecule has 2 N–H and O–H groups in total. The fourth-order valence-corrected chi connectivity index (χ4v) is 6.66. The van der Waals surface area contributed by atoms with Crippen LogP contribution in [0.4, 0.5) is 5.82 Å². The van der Waals surface area contributed by atoms with Crippen LogP contribution in [-0.2, 0) is 11.3 Å². The molecule has 0 aromatic carbocycles. The van der Waals surface area contributed by atoms with E-state index in [1.807, 2.05) is 36.8 Å². The van der Waals surface area contributed by atoms with Gasteiger partial charge < -0.3 is 10.6 Å². The Balaban J connectivity index is 1.11. The van der Waals surface area contributed by atoms with Crippen LogP contribution < -0.4 is 10.6 Å². The Labute approximate surface area is 215 Å². The number of hydrogen-bond donors (Lipinski definition) is 1. The van der Waals surface area contributed by atoms with Gasteiger partial charge in [0.05, 0.1) is 24.1 Å². The molecule has 1 saturated heterocycles. The number of aromatic nitrogens is 4. The van der Waals surface area contributed by atoms with Gasteiger partial charge in [-0.2, -0.15) is 5.10 Å². The first-order chi connectivity index (χ1) is 17.3. The van der Waals surface area contributed by atoms with Gasteiger partial charge in [-0.25, -0.2) is 9.97 Å². The zero-order chi connectivity index (χ0) is 25.0. The van der Waals surface area contributed by atoms with E-state index in [0.29, 0.717) is 5.57 Å². The van der Waals surface area contributed by atoms with E-state index in [1.165, 1.54) is 11.1 Å². The largest absolute Gasteiger partial charge is 0.355 e. The average molecular weight is 499 g/mol. The lowest BCUT2D eigenvalue weighted by molar-refractivity contribution is -0.111. The Morgan fingerprint density at radius 2 is 2.06 bits per heavy atom. The van der Waals surface area contributed by atoms with Crippen LogP contribution in [-0.4, -0.2) is 38.6 Å². The van der Waals surface area contributed by atoms with E-state index in [-0.39, 0.29) is 23.2 Å². The van der Waals surface area contributed by atoms with Crippen molar-refractivity contribution in [2.24, 2.45) is 17.1 Å². The van der Waals surface area contributed by atoms with Crippen LogP contribution in [0, 0.1) is 11.3 Å². The molecule has 2 atom stereocenters. The third-order valence-corrected chi connectivity index (χ3v) is 9.12. The maximum Gasteiger partial charge on any atom is 0.187 e. The van der Waals surface area contributed by atoms with Gasteiger partial charge in [-0.1, -0.05) is 36.6 Å². The number of rotatable bonds is 5. The maximum atomic E-state index is 12.4. The lowest BCUT2D eigenvalue weighted by Crippen LogP contribution is -2.45. The third-order valence-electron chi connectivity index (χ3n) is 8.04. The lowest BCUT2D eigenvalue weighted by atomic mass is 9.73. The summed E-state index contributed by atoms with van der Waals surface area (Å²) in [5.41, 5.74) is 11.5. The van der Waals surface area contributed by atoms with E-state index in [1.54, 1.807) is 18.7 Å². The van der Waals surface area contributed by atoms with E-state index >= 15 is 0 Å². The molecule has 7 nitrogen and oxygen atoms in total. The van der Waals surface area contributed by atoms with Crippen LogP contribution in [0.5, 0.6) is 0 Å². The molecule has 6 rings (SSSR count). The molecule has 2 aromatic heterocycles. The van der Waals surface area contributed by atoms with Gasteiger partial charge in [0.2, 0.25) is 0 Å². The third kappa shape index (κ3) is 3.79. The molecule has 2 aliphatic carbocycles. The Morgan fingerprint density at radius 3 is 2.75 bits per heavy atom. The summed E-state index contributed by atoms with van der Waals surface area (Å²) in [6, 6.07) is 2.10. The number of Topliss-reactive ketones (excluding diaryl/α,β-unsaturated/α-hetero) is 1. The SMILES string of the molecule is C=C(C)C(=O)C1=CC2C=CC(Sc3cnc(N4CCC5(CC4)Cn4nccc4[C@H]5N)cn3)=C(C)C2=C1. The molecule has 4 aliphatic rings. The fourth-order valence-electron chi connectivity index (χ4n) is 5.81. The van der Waals surface area contributed by atoms with E-state index in [0.717, 1.165) is 59.5 Å². The Morgan fingerprint density at radius 1 is 1.25 bits per heavy atom. The van der Waals surface area contributed by atoms with Gasteiger partial charge in [0.15, 0.2) is 5.78 Å². The van der Waals surface area contributed by atoms with Crippen LogP contribution in [0.15, 0.2) is 87.8 Å². The van der Waals surface area contributed by atoms with Crippen LogP contribution in [0.3, 0.4) is 0 Å². The van der Waals surface area contributed by atoms with Gasteiger partial charge in [-0.15, -0.1) is 0 Å². The number of piperidine rings is 1. The molecule has 2 aliphatic heterocycles. The van der Waals surface area contributed by atoms with Crippen LogP contribution >= 0.6 is 11.8 Å². The minimum absolute atomic E-state index is 0.0123. The summed E-state index contributed by atoms with van der Waals surface area (Å²) in [5.74, 6) is 1.07. The second-order valence-electron chi connectivity index (χ2n) is 10.3. The van der Waals surface area contributed by atoms with Crippen molar-refractivity contribution < 1.29 is 4.79 Å². The summed E-state index contributed by atoms with van der Waals surface area (Å²) in [5, 5.41) is 5.30. The number of fused-ring (bicyclic) bond motifs is 2. The highest BCUT2D eigenvalue weighted by Gasteiger charge is 2.47. The lowest BCUT2D eigenvalue weighted by Gasteiger charge is -2.41. The van der Waals surface area contributed by atoms with Crippen molar-refractivity contribution in [1.29, 1.82) is 0 Å². The number of ketones is 1. The molecule has 0 bridgehead atoms. The monoisotopic (exact) mass is 498 g/mol. The van der Waals surface area contributed by atoms with E-state index in [4.69, 9.17) is 15.7 Å². The zero-order valence-corrected chi connectivity index (χ0v) is 21.5. The highest BCUT2D eigenvalue weighted by Crippen LogP contribution is 2.48. The molecule has 1 fully saturated rings. The Hall–Kier alpha value is -3.23. The predicted octanol–water partition coefficient (Wildman–Crippen LogP) is 4.54. The quantitative estimate of drug-likeness (QED) is 0.606. The molecule has 1 unspecified atom stereocenters. The average Bonchev–Trinajstić information content (AvgIpc) is 3.58. The highest BCUT2D eigenvalue weighted by atomic mass is 32.2. The molecule has 0 saturated carbocycles. The standard InChI is InChI=1S/C28H30N6OS/c1-17(2)26(35)20-12-19-4-5-23(18(3)21(19)13-20)36-25-15-30-24(14-31-25)33-10-7-28(8-11-33)16-34-22(27(28)29)6-9-32-34/h4-6,9,12-15,19,27H,1,7-8,10-11,16,29H2,2-3H3/t19?,27-/m1/s1. The normalized spacial score (nSPS) is 24.0. The predicted molar refractivity (Wildman–Crippen MR) is 142 cm³/mol. The molecule has 4 heterocycles. The first kappa shape index (κ1) is 23.2. The van der Waals surface area contributed by atoms with Crippen molar-refractivity contribution >= 4 is 23.4 Å². The van der Waals surface area contributed by atoms with Crippen molar-refractivity contribution in [3.05, 3.63) is 88.4 Å². The summed E-state index contributed by atoms with van der Waals surface area (Å²) in [4.78, 5) is 25.3. The van der Waals surface area contributed by atoms with Crippen molar-refractivity contribution in [2.45, 2.75) is 44.3 Å². The van der Waals surface area contributed by atoms with E-state index < -0.39 is 0 Å². The van der Waals surface area contributed by atoms with E-state index in [2.05, 4.69) is 40.3 Å². The van der Waals surface area contributed by atoms with Crippen molar-refractivity contribution in [3.8, 4) is 0 Å². The summed E-state index contributed by atoms with van der Waals surface area (Å²) in [6.07, 6.45) is 15.9. The number of anilines is 1. The molecular formula is C28H30N6OS. The van der Waals surface area contributed by atoms with Crippen LogP contribution in [0.25, 0.3) is 0 Å². The van der Waals surface area contributed by atoms with Crippen molar-refractivity contribution in [3.63, 3.8) is 0 Å². The number of nitrogens with zero attached hydrogens (tertiary/aromatic N) is 5. The van der Waals surface area contributed by atoms with Crippen molar-refractivity contribution in [1.82, 2.24) is 19.7 Å². The maximum absolute atomic E-state index is 12.4. The van der Waals surface area contributed by atoms with Gasteiger partial charge in [-0.3, -0.25) is 9.48 Å². The molecule has 184 valence electrons. The molecule has 2 aromatic rings. The number of thioether (sulfide) groups is 1. The molecule has 1 spiro atoms. The first-order valence-corrected chi connectivity index (χ1v) is 13.2. The van der Waals surface area contributed by atoms with Crippen LogP contribution in [0.1, 0.15) is 38.4 Å². The minimum atomic E-state index is 0.0123. The minimum Gasteiger partial charge on any atom is -0.355 e. The number of carbonyl (C=O) groups excluding carboxylic acids is 1. The number of nitrogens with two attached hydrogens (primary N) is 1. The second-order valence-corrected chi connectivity index (χ2v) is 11.3. The second kappa shape index (κ2) is 8.71. The number of hydrogen-bond acceptors (Lipinski definition) is 7. The van der Waals surface area contributed by atoms with E-state index in [9.17, 15) is 4.79 Å². The van der Waals surface area contributed by atoms with Gasteiger partial charge in [0.1, 0.15) is 10.8 Å². The number of allylic oxidation sites excluding steroid dienone is 8. The molecule has 0 radical (unpaired) electrons. The van der Waals surface area contributed by atoms with Gasteiger partial charge in [-0.05, 0) is 55.6 Å². The highest BCUT2D eigenvalue weighted by molar-refractivity contribution is 8.03.